The van der Waals surface area contributed by atoms with Crippen LogP contribution in [0.3, 0.4) is 0 Å². The molecule has 2 aromatic rings. The lowest BCUT2D eigenvalue weighted by Crippen LogP contribution is -2.54. The fraction of sp³-hybridized carbons (Fsp3) is 0.679. The zero-order valence-corrected chi connectivity index (χ0v) is 21.3. The predicted molar refractivity (Wildman–Crippen MR) is 134 cm³/mol. The van der Waals surface area contributed by atoms with E-state index in [0.29, 0.717) is 34.5 Å². The van der Waals surface area contributed by atoms with Crippen molar-refractivity contribution >= 4 is 17.0 Å². The highest BCUT2D eigenvalue weighted by molar-refractivity contribution is 5.89. The summed E-state index contributed by atoms with van der Waals surface area (Å²) >= 11 is 0. The Labute approximate surface area is 202 Å². The molecule has 2 unspecified atom stereocenters. The van der Waals surface area contributed by atoms with Gasteiger partial charge in [-0.25, -0.2) is 9.78 Å². The number of carbonyl (C=O) groups is 1. The second-order valence-electron chi connectivity index (χ2n) is 12.4. The van der Waals surface area contributed by atoms with Crippen molar-refractivity contribution < 1.29 is 9.53 Å². The number of hydrogen-bond donors (Lipinski definition) is 0. The van der Waals surface area contributed by atoms with Crippen LogP contribution in [-0.4, -0.2) is 45.2 Å². The summed E-state index contributed by atoms with van der Waals surface area (Å²) in [5.74, 6) is -0.626. The van der Waals surface area contributed by atoms with Crippen LogP contribution in [0, 0.1) is 10.8 Å². The Morgan fingerprint density at radius 3 is 2.24 bits per heavy atom. The summed E-state index contributed by atoms with van der Waals surface area (Å²) in [6.45, 7) is 11.7. The van der Waals surface area contributed by atoms with Crippen LogP contribution in [0.15, 0.2) is 29.1 Å². The summed E-state index contributed by atoms with van der Waals surface area (Å²) in [4.78, 5) is 33.4. The van der Waals surface area contributed by atoms with Crippen molar-refractivity contribution in [3.63, 3.8) is 0 Å². The second-order valence-corrected chi connectivity index (χ2v) is 12.4. The molecule has 2 bridgehead atoms. The van der Waals surface area contributed by atoms with E-state index in [1.54, 1.807) is 6.92 Å². The summed E-state index contributed by atoms with van der Waals surface area (Å²) in [6.07, 6.45) is 8.06. The lowest BCUT2D eigenvalue weighted by molar-refractivity contribution is -0.0212. The van der Waals surface area contributed by atoms with E-state index in [1.165, 1.54) is 32.1 Å². The Hall–Kier alpha value is -2.21. The maximum absolute atomic E-state index is 13.6. The molecule has 6 nitrogen and oxygen atoms in total. The summed E-state index contributed by atoms with van der Waals surface area (Å²) in [6, 6.07) is 9.35. The van der Waals surface area contributed by atoms with Crippen molar-refractivity contribution in [1.82, 2.24) is 14.5 Å². The summed E-state index contributed by atoms with van der Waals surface area (Å²) in [7, 11) is 0. The molecular formula is C28H39N3O3. The maximum Gasteiger partial charge on any atom is 0.362 e. The standard InChI is InChI=1S/C28H39N3O3/c1-6-34-26(33)24-25(32)31(23-10-8-7-9-22(23)29-24)20-13-18-11-12-19(14-20)30(18)21-15-27(2,3)17-28(4,5)16-21/h7-10,18-21H,6,11-17H2,1-5H3/t18-,19?,20?/m0/s1. The summed E-state index contributed by atoms with van der Waals surface area (Å²) in [5.41, 5.74) is 1.81. The Kier molecular flexibility index (Phi) is 5.86. The number of hydrogen-bond acceptors (Lipinski definition) is 5. The van der Waals surface area contributed by atoms with Gasteiger partial charge in [-0.2, -0.15) is 0 Å². The molecule has 2 saturated heterocycles. The van der Waals surface area contributed by atoms with Crippen LogP contribution in [0.2, 0.25) is 0 Å². The number of benzene rings is 1. The minimum Gasteiger partial charge on any atom is -0.461 e. The maximum atomic E-state index is 13.6. The normalized spacial score (nSPS) is 28.8. The summed E-state index contributed by atoms with van der Waals surface area (Å²) < 4.78 is 7.03. The highest BCUT2D eigenvalue weighted by atomic mass is 16.5. The minimum absolute atomic E-state index is 0.0759. The zero-order chi connectivity index (χ0) is 24.3. The molecule has 2 aliphatic heterocycles. The number of carbonyl (C=O) groups excluding carboxylic acids is 1. The monoisotopic (exact) mass is 465 g/mol. The first-order chi connectivity index (χ1) is 16.1. The fourth-order valence-electron chi connectivity index (χ4n) is 7.84. The largest absolute Gasteiger partial charge is 0.461 e. The number of aromatic nitrogens is 2. The first kappa shape index (κ1) is 23.5. The van der Waals surface area contributed by atoms with Crippen LogP contribution in [0.25, 0.3) is 11.0 Å². The van der Waals surface area contributed by atoms with Crippen LogP contribution >= 0.6 is 0 Å². The van der Waals surface area contributed by atoms with Gasteiger partial charge in [0.2, 0.25) is 5.69 Å². The lowest BCUT2D eigenvalue weighted by atomic mass is 9.63. The molecule has 3 heterocycles. The SMILES string of the molecule is CCOC(=O)c1nc2ccccc2n(C2CC3CC[C@@H](C2)N3C2CC(C)(C)CC(C)(C)C2)c1=O. The van der Waals surface area contributed by atoms with Gasteiger partial charge in [0.05, 0.1) is 17.6 Å². The molecule has 0 spiro atoms. The molecule has 0 radical (unpaired) electrons. The van der Waals surface area contributed by atoms with E-state index < -0.39 is 5.97 Å². The van der Waals surface area contributed by atoms with E-state index in [4.69, 9.17) is 4.74 Å². The Balaban J connectivity index is 1.49. The number of para-hydroxylation sites is 2. The van der Waals surface area contributed by atoms with Gasteiger partial charge in [0, 0.05) is 24.2 Å². The molecule has 6 heteroatoms. The highest BCUT2D eigenvalue weighted by Crippen LogP contribution is 2.51. The van der Waals surface area contributed by atoms with Crippen molar-refractivity contribution in [2.24, 2.45) is 10.8 Å². The van der Waals surface area contributed by atoms with Gasteiger partial charge in [-0.05, 0) is 74.8 Å². The molecule has 1 aromatic heterocycles. The van der Waals surface area contributed by atoms with Crippen LogP contribution in [0.4, 0.5) is 0 Å². The highest BCUT2D eigenvalue weighted by Gasteiger charge is 2.49. The Morgan fingerprint density at radius 1 is 1.00 bits per heavy atom. The van der Waals surface area contributed by atoms with E-state index in [-0.39, 0.29) is 23.9 Å². The van der Waals surface area contributed by atoms with Gasteiger partial charge in [-0.15, -0.1) is 0 Å². The van der Waals surface area contributed by atoms with Crippen LogP contribution in [0.5, 0.6) is 0 Å². The van der Waals surface area contributed by atoms with Crippen molar-refractivity contribution in [3.8, 4) is 0 Å². The van der Waals surface area contributed by atoms with Crippen molar-refractivity contribution in [1.29, 1.82) is 0 Å². The van der Waals surface area contributed by atoms with Gasteiger partial charge >= 0.3 is 5.97 Å². The molecule has 34 heavy (non-hydrogen) atoms. The number of fused-ring (bicyclic) bond motifs is 3. The molecule has 1 aliphatic carbocycles. The van der Waals surface area contributed by atoms with Gasteiger partial charge in [-0.3, -0.25) is 9.69 Å². The quantitative estimate of drug-likeness (QED) is 0.570. The number of rotatable bonds is 4. The van der Waals surface area contributed by atoms with Crippen molar-refractivity contribution in [2.75, 3.05) is 6.61 Å². The topological polar surface area (TPSA) is 64.4 Å². The van der Waals surface area contributed by atoms with Gasteiger partial charge in [0.15, 0.2) is 0 Å². The molecule has 3 aliphatic rings. The zero-order valence-electron chi connectivity index (χ0n) is 21.3. The molecule has 184 valence electrons. The molecule has 1 aromatic carbocycles. The Bertz CT molecular complexity index is 1120. The molecule has 0 amide bonds. The van der Waals surface area contributed by atoms with Gasteiger partial charge in [0.1, 0.15) is 0 Å². The van der Waals surface area contributed by atoms with Crippen LogP contribution < -0.4 is 5.56 Å². The predicted octanol–water partition coefficient (Wildman–Crippen LogP) is 5.35. The molecule has 1 saturated carbocycles. The number of nitrogens with zero attached hydrogens (tertiary/aromatic N) is 3. The Morgan fingerprint density at radius 2 is 1.62 bits per heavy atom. The summed E-state index contributed by atoms with van der Waals surface area (Å²) in [5, 5.41) is 0. The second kappa shape index (κ2) is 8.47. The lowest BCUT2D eigenvalue weighted by Gasteiger charge is -2.52. The third-order valence-electron chi connectivity index (χ3n) is 8.35. The first-order valence-electron chi connectivity index (χ1n) is 13.0. The van der Waals surface area contributed by atoms with Gasteiger partial charge in [0.25, 0.3) is 5.56 Å². The molecule has 3 fully saturated rings. The van der Waals surface area contributed by atoms with Gasteiger partial charge < -0.3 is 9.30 Å². The average molecular weight is 466 g/mol. The van der Waals surface area contributed by atoms with E-state index >= 15 is 0 Å². The third-order valence-corrected chi connectivity index (χ3v) is 8.35. The number of piperidine rings is 1. The molecular weight excluding hydrogens is 426 g/mol. The van der Waals surface area contributed by atoms with Crippen molar-refractivity contribution in [3.05, 3.63) is 40.3 Å². The first-order valence-corrected chi connectivity index (χ1v) is 13.0. The van der Waals surface area contributed by atoms with E-state index in [1.807, 2.05) is 28.8 Å². The average Bonchev–Trinajstić information content (AvgIpc) is 3.01. The van der Waals surface area contributed by atoms with Crippen LogP contribution in [-0.2, 0) is 4.74 Å². The van der Waals surface area contributed by atoms with E-state index in [9.17, 15) is 9.59 Å². The molecule has 5 rings (SSSR count). The minimum atomic E-state index is -0.626. The number of ether oxygens (including phenoxy) is 1. The van der Waals surface area contributed by atoms with Crippen LogP contribution in [0.1, 0.15) is 96.1 Å². The van der Waals surface area contributed by atoms with E-state index in [0.717, 1.165) is 18.4 Å². The van der Waals surface area contributed by atoms with Crippen molar-refractivity contribution in [2.45, 2.75) is 104 Å². The smallest absolute Gasteiger partial charge is 0.362 e. The fourth-order valence-corrected chi connectivity index (χ4v) is 7.84. The molecule has 0 N–H and O–H groups in total. The van der Waals surface area contributed by atoms with E-state index in [2.05, 4.69) is 37.6 Å². The van der Waals surface area contributed by atoms with Gasteiger partial charge in [-0.1, -0.05) is 39.8 Å². The molecule has 3 atom stereocenters. The number of esters is 1. The third kappa shape index (κ3) is 4.19.